The molecule has 0 aliphatic heterocycles. The topological polar surface area (TPSA) is 46.3 Å². The number of nitrogens with zero attached hydrogens (tertiary/aromatic N) is 1. The predicted molar refractivity (Wildman–Crippen MR) is 80.5 cm³/mol. The minimum Gasteiger partial charge on any atom is -0.341 e. The average Bonchev–Trinajstić information content (AvgIpc) is 2.88. The van der Waals surface area contributed by atoms with Crippen LogP contribution in [0.25, 0.3) is 0 Å². The second-order valence-electron chi connectivity index (χ2n) is 5.32. The first-order chi connectivity index (χ1) is 9.13. The van der Waals surface area contributed by atoms with Gasteiger partial charge in [0.05, 0.1) is 0 Å². The van der Waals surface area contributed by atoms with Gasteiger partial charge in [-0.2, -0.15) is 0 Å². The molecule has 2 N–H and O–H groups in total. The molecule has 4 heteroatoms. The highest BCUT2D eigenvalue weighted by Crippen LogP contribution is 2.32. The van der Waals surface area contributed by atoms with Gasteiger partial charge in [0, 0.05) is 24.0 Å². The van der Waals surface area contributed by atoms with Gasteiger partial charge in [-0.25, -0.2) is 0 Å². The van der Waals surface area contributed by atoms with E-state index in [9.17, 15) is 4.79 Å². The van der Waals surface area contributed by atoms with Crippen molar-refractivity contribution < 1.29 is 4.79 Å². The number of nitrogens with two attached hydrogens (primary N) is 1. The van der Waals surface area contributed by atoms with Crippen LogP contribution in [0, 0.1) is 11.8 Å². The third-order valence-corrected chi connectivity index (χ3v) is 4.79. The Morgan fingerprint density at radius 1 is 1.42 bits per heavy atom. The van der Waals surface area contributed by atoms with Crippen molar-refractivity contribution in [1.29, 1.82) is 0 Å². The Labute approximate surface area is 123 Å². The highest BCUT2D eigenvalue weighted by atomic mass is 79.9. The second-order valence-corrected chi connectivity index (χ2v) is 6.17. The van der Waals surface area contributed by atoms with E-state index in [1.165, 1.54) is 0 Å². The summed E-state index contributed by atoms with van der Waals surface area (Å²) in [5.41, 5.74) is 6.90. The first-order valence-electron chi connectivity index (χ1n) is 6.82. The summed E-state index contributed by atoms with van der Waals surface area (Å²) in [6, 6.07) is 8.03. The zero-order valence-electron chi connectivity index (χ0n) is 11.3. The lowest BCUT2D eigenvalue weighted by Crippen LogP contribution is -2.36. The van der Waals surface area contributed by atoms with E-state index in [1.807, 2.05) is 36.2 Å². The van der Waals surface area contributed by atoms with E-state index in [1.54, 1.807) is 0 Å². The second kappa shape index (κ2) is 6.53. The van der Waals surface area contributed by atoms with E-state index < -0.39 is 0 Å². The molecule has 1 amide bonds. The summed E-state index contributed by atoms with van der Waals surface area (Å²) in [6.07, 6.45) is 3.21. The van der Waals surface area contributed by atoms with Gasteiger partial charge in [-0.05, 0) is 36.9 Å². The molecule has 0 spiro atoms. The summed E-state index contributed by atoms with van der Waals surface area (Å²) in [5, 5.41) is 0. The van der Waals surface area contributed by atoms with Crippen LogP contribution in [-0.2, 0) is 11.3 Å². The molecule has 2 unspecified atom stereocenters. The van der Waals surface area contributed by atoms with Crippen LogP contribution in [0.4, 0.5) is 0 Å². The van der Waals surface area contributed by atoms with Crippen molar-refractivity contribution in [2.45, 2.75) is 25.8 Å². The summed E-state index contributed by atoms with van der Waals surface area (Å²) in [7, 11) is 1.88. The van der Waals surface area contributed by atoms with Gasteiger partial charge in [-0.3, -0.25) is 4.79 Å². The van der Waals surface area contributed by atoms with Crippen molar-refractivity contribution in [3.8, 4) is 0 Å². The lowest BCUT2D eigenvalue weighted by atomic mass is 9.95. The number of amides is 1. The van der Waals surface area contributed by atoms with Gasteiger partial charge in [-0.1, -0.05) is 40.5 Å². The lowest BCUT2D eigenvalue weighted by Gasteiger charge is -2.25. The van der Waals surface area contributed by atoms with Crippen molar-refractivity contribution in [2.24, 2.45) is 17.6 Å². The molecule has 1 saturated carbocycles. The Kier molecular flexibility index (Phi) is 4.99. The van der Waals surface area contributed by atoms with Gasteiger partial charge in [0.2, 0.25) is 5.91 Å². The fourth-order valence-electron chi connectivity index (χ4n) is 2.89. The van der Waals surface area contributed by atoms with E-state index in [4.69, 9.17) is 5.73 Å². The minimum atomic E-state index is 0.123. The molecule has 19 heavy (non-hydrogen) atoms. The third kappa shape index (κ3) is 3.37. The molecule has 1 fully saturated rings. The van der Waals surface area contributed by atoms with Crippen LogP contribution in [0.15, 0.2) is 28.7 Å². The normalized spacial score (nSPS) is 22.5. The highest BCUT2D eigenvalue weighted by molar-refractivity contribution is 9.10. The quantitative estimate of drug-likeness (QED) is 0.925. The smallest absolute Gasteiger partial charge is 0.226 e. The van der Waals surface area contributed by atoms with Crippen molar-refractivity contribution in [3.05, 3.63) is 34.3 Å². The minimum absolute atomic E-state index is 0.123. The first kappa shape index (κ1) is 14.5. The predicted octanol–water partition coefficient (Wildman–Crippen LogP) is 2.78. The SMILES string of the molecule is CN(Cc1ccccc1Br)C(=O)C1CCCC1CN. The van der Waals surface area contributed by atoms with Gasteiger partial charge in [0.1, 0.15) is 0 Å². The number of halogens is 1. The van der Waals surface area contributed by atoms with E-state index in [2.05, 4.69) is 15.9 Å². The molecule has 1 aromatic rings. The molecule has 0 aromatic heterocycles. The maximum atomic E-state index is 12.5. The monoisotopic (exact) mass is 324 g/mol. The Morgan fingerprint density at radius 3 is 2.84 bits per heavy atom. The van der Waals surface area contributed by atoms with Crippen LogP contribution >= 0.6 is 15.9 Å². The standard InChI is InChI=1S/C15H21BrN2O/c1-18(10-12-5-2-3-8-14(12)16)15(19)13-7-4-6-11(13)9-17/h2-3,5,8,11,13H,4,6-7,9-10,17H2,1H3. The van der Waals surface area contributed by atoms with Crippen molar-refractivity contribution in [1.82, 2.24) is 4.90 Å². The highest BCUT2D eigenvalue weighted by Gasteiger charge is 2.33. The Hall–Kier alpha value is -0.870. The van der Waals surface area contributed by atoms with Crippen LogP contribution in [0.1, 0.15) is 24.8 Å². The van der Waals surface area contributed by atoms with Crippen molar-refractivity contribution in [2.75, 3.05) is 13.6 Å². The molecular weight excluding hydrogens is 304 g/mol. The number of rotatable bonds is 4. The number of hydrogen-bond donors (Lipinski definition) is 1. The van der Waals surface area contributed by atoms with Crippen LogP contribution in [0.2, 0.25) is 0 Å². The zero-order valence-corrected chi connectivity index (χ0v) is 12.9. The summed E-state index contributed by atoms with van der Waals surface area (Å²) in [5.74, 6) is 0.732. The number of hydrogen-bond acceptors (Lipinski definition) is 2. The number of carbonyl (C=O) groups is 1. The Morgan fingerprint density at radius 2 is 2.16 bits per heavy atom. The molecule has 3 nitrogen and oxygen atoms in total. The van der Waals surface area contributed by atoms with E-state index >= 15 is 0 Å². The van der Waals surface area contributed by atoms with Gasteiger partial charge < -0.3 is 10.6 Å². The molecule has 104 valence electrons. The first-order valence-corrected chi connectivity index (χ1v) is 7.61. The summed E-state index contributed by atoms with van der Waals surface area (Å²) >= 11 is 3.52. The maximum absolute atomic E-state index is 12.5. The van der Waals surface area contributed by atoms with E-state index in [0.717, 1.165) is 29.3 Å². The fraction of sp³-hybridized carbons (Fsp3) is 0.533. The van der Waals surface area contributed by atoms with Crippen LogP contribution in [0.3, 0.4) is 0 Å². The molecule has 1 aliphatic carbocycles. The summed E-state index contributed by atoms with van der Waals surface area (Å²) < 4.78 is 1.05. The lowest BCUT2D eigenvalue weighted by molar-refractivity contribution is -0.135. The Bertz CT molecular complexity index is 450. The van der Waals surface area contributed by atoms with Gasteiger partial charge >= 0.3 is 0 Å². The molecule has 1 aliphatic rings. The summed E-state index contributed by atoms with van der Waals surface area (Å²) in [6.45, 7) is 1.27. The molecule has 2 atom stereocenters. The summed E-state index contributed by atoms with van der Waals surface area (Å²) in [4.78, 5) is 14.3. The molecule has 0 heterocycles. The van der Waals surface area contributed by atoms with Gasteiger partial charge in [0.15, 0.2) is 0 Å². The molecule has 0 bridgehead atoms. The maximum Gasteiger partial charge on any atom is 0.226 e. The zero-order chi connectivity index (χ0) is 13.8. The van der Waals surface area contributed by atoms with E-state index in [0.29, 0.717) is 19.0 Å². The third-order valence-electron chi connectivity index (χ3n) is 4.02. The molecular formula is C15H21BrN2O. The molecule has 0 radical (unpaired) electrons. The van der Waals surface area contributed by atoms with Gasteiger partial charge in [-0.15, -0.1) is 0 Å². The largest absolute Gasteiger partial charge is 0.341 e. The molecule has 2 rings (SSSR count). The van der Waals surface area contributed by atoms with Crippen molar-refractivity contribution in [3.63, 3.8) is 0 Å². The Balaban J connectivity index is 2.02. The average molecular weight is 325 g/mol. The fourth-order valence-corrected chi connectivity index (χ4v) is 3.30. The van der Waals surface area contributed by atoms with Crippen molar-refractivity contribution >= 4 is 21.8 Å². The molecule has 1 aromatic carbocycles. The molecule has 0 saturated heterocycles. The van der Waals surface area contributed by atoms with E-state index in [-0.39, 0.29) is 11.8 Å². The van der Waals surface area contributed by atoms with Crippen LogP contribution < -0.4 is 5.73 Å². The van der Waals surface area contributed by atoms with Crippen LogP contribution in [0.5, 0.6) is 0 Å². The number of benzene rings is 1. The van der Waals surface area contributed by atoms with Crippen LogP contribution in [-0.4, -0.2) is 24.4 Å². The number of carbonyl (C=O) groups excluding carboxylic acids is 1. The van der Waals surface area contributed by atoms with Gasteiger partial charge in [0.25, 0.3) is 0 Å².